The van der Waals surface area contributed by atoms with Crippen LogP contribution in [0.15, 0.2) is 12.2 Å². The fourth-order valence-corrected chi connectivity index (χ4v) is 7.07. The number of aliphatic carboxylic acids is 1. The molecule has 3 aliphatic carbocycles. The largest absolute Gasteiger partial charge is 0.480 e. The third-order valence-corrected chi connectivity index (χ3v) is 9.37. The number of carbonyl (C=O) groups excluding carboxylic acids is 2. The Bertz CT molecular complexity index is 862. The van der Waals surface area contributed by atoms with E-state index in [4.69, 9.17) is 4.28 Å². The number of carboxylic acid groups (broad SMARTS) is 1. The molecular weight excluding hydrogens is 398 g/mol. The zero-order chi connectivity index (χ0) is 21.4. The van der Waals surface area contributed by atoms with Gasteiger partial charge in [-0.25, -0.2) is 0 Å². The van der Waals surface area contributed by atoms with E-state index in [1.807, 2.05) is 32.9 Å². The van der Waals surface area contributed by atoms with E-state index in [1.165, 1.54) is 0 Å². The smallest absolute Gasteiger partial charge is 0.327 e. The van der Waals surface area contributed by atoms with Gasteiger partial charge in [-0.1, -0.05) is 32.9 Å². The third kappa shape index (κ3) is 2.88. The lowest BCUT2D eigenvalue weighted by Gasteiger charge is -2.40. The molecule has 4 atom stereocenters. The molecule has 4 unspecified atom stereocenters. The highest BCUT2D eigenvalue weighted by atomic mass is 32.2. The maximum absolute atomic E-state index is 13.1. The molecule has 0 aromatic carbocycles. The molecule has 2 amide bonds. The summed E-state index contributed by atoms with van der Waals surface area (Å²) < 4.78 is 29.0. The molecule has 9 heteroatoms. The molecule has 2 bridgehead atoms. The van der Waals surface area contributed by atoms with Gasteiger partial charge in [0.15, 0.2) is 4.75 Å². The molecule has 29 heavy (non-hydrogen) atoms. The monoisotopic (exact) mass is 425 g/mol. The van der Waals surface area contributed by atoms with Crippen molar-refractivity contribution in [3.05, 3.63) is 12.2 Å². The number of allylic oxidation sites excluding steroid dienone is 2. The lowest BCUT2D eigenvalue weighted by molar-refractivity contribution is -0.167. The molecule has 1 saturated heterocycles. The standard InChI is InChI=1S/C20H27NO7S/c1-19(2,3)13-6-8-20(9-7-13,18(24)25)29(26,27)28-21-16(22)14-11-4-5-12(10-11)15(14)17(21)23/h4-5,11-15H,6-10H2,1-3H3,(H,24,25). The minimum absolute atomic E-state index is 0.0696. The Morgan fingerprint density at radius 2 is 1.59 bits per heavy atom. The fraction of sp³-hybridized carbons (Fsp3) is 0.750. The highest BCUT2D eigenvalue weighted by molar-refractivity contribution is 7.89. The normalized spacial score (nSPS) is 39.3. The van der Waals surface area contributed by atoms with Crippen molar-refractivity contribution in [2.45, 2.75) is 57.6 Å². The number of carboxylic acids is 1. The van der Waals surface area contributed by atoms with Crippen LogP contribution in [0.1, 0.15) is 52.9 Å². The van der Waals surface area contributed by atoms with Gasteiger partial charge < -0.3 is 5.11 Å². The lowest BCUT2D eigenvalue weighted by Crippen LogP contribution is -2.53. The van der Waals surface area contributed by atoms with Gasteiger partial charge >= 0.3 is 16.1 Å². The van der Waals surface area contributed by atoms with Gasteiger partial charge in [-0.3, -0.25) is 14.4 Å². The molecule has 4 aliphatic rings. The van der Waals surface area contributed by atoms with E-state index in [-0.39, 0.29) is 36.0 Å². The van der Waals surface area contributed by atoms with Gasteiger partial charge in [-0.15, -0.1) is 9.35 Å². The molecule has 0 radical (unpaired) electrons. The number of hydrogen-bond donors (Lipinski definition) is 1. The van der Waals surface area contributed by atoms with Crippen LogP contribution < -0.4 is 0 Å². The molecule has 1 heterocycles. The minimum Gasteiger partial charge on any atom is -0.480 e. The van der Waals surface area contributed by atoms with Crippen LogP contribution in [0, 0.1) is 35.0 Å². The molecular formula is C20H27NO7S. The summed E-state index contributed by atoms with van der Waals surface area (Å²) in [5, 5.41) is 10.1. The van der Waals surface area contributed by atoms with Gasteiger partial charge in [-0.2, -0.15) is 8.42 Å². The summed E-state index contributed by atoms with van der Waals surface area (Å²) in [5.74, 6) is -4.06. The Hall–Kier alpha value is -1.74. The van der Waals surface area contributed by atoms with Crippen molar-refractivity contribution in [1.29, 1.82) is 0 Å². The predicted octanol–water partition coefficient (Wildman–Crippen LogP) is 2.11. The molecule has 0 spiro atoms. The number of carbonyl (C=O) groups is 3. The van der Waals surface area contributed by atoms with Gasteiger partial charge in [-0.05, 0) is 55.3 Å². The molecule has 3 fully saturated rings. The van der Waals surface area contributed by atoms with Gasteiger partial charge in [0.25, 0.3) is 11.8 Å². The van der Waals surface area contributed by atoms with Crippen LogP contribution in [-0.4, -0.2) is 41.1 Å². The summed E-state index contributed by atoms with van der Waals surface area (Å²) >= 11 is 0. The maximum atomic E-state index is 13.1. The Morgan fingerprint density at radius 1 is 1.10 bits per heavy atom. The topological polar surface area (TPSA) is 118 Å². The second kappa shape index (κ2) is 6.38. The molecule has 0 aromatic heterocycles. The van der Waals surface area contributed by atoms with Crippen LogP contribution in [0.4, 0.5) is 0 Å². The number of fused-ring (bicyclic) bond motifs is 5. The molecule has 160 valence electrons. The number of hydrogen-bond acceptors (Lipinski definition) is 6. The Morgan fingerprint density at radius 3 is 2.00 bits per heavy atom. The summed E-state index contributed by atoms with van der Waals surface area (Å²) in [5.41, 5.74) is -0.0696. The molecule has 4 rings (SSSR count). The van der Waals surface area contributed by atoms with E-state index in [9.17, 15) is 27.9 Å². The summed E-state index contributed by atoms with van der Waals surface area (Å²) in [6.07, 6.45) is 5.11. The van der Waals surface area contributed by atoms with E-state index in [0.717, 1.165) is 0 Å². The van der Waals surface area contributed by atoms with Crippen molar-refractivity contribution >= 4 is 27.9 Å². The Labute approximate surface area is 170 Å². The Balaban J connectivity index is 1.57. The first-order valence-electron chi connectivity index (χ1n) is 10.1. The predicted molar refractivity (Wildman–Crippen MR) is 101 cm³/mol. The SMILES string of the molecule is CC(C)(C)C1CCC(C(=O)O)(S(=O)(=O)ON2C(=O)C3C4C=CC(C4)C3C2=O)CC1. The lowest BCUT2D eigenvalue weighted by atomic mass is 9.69. The van der Waals surface area contributed by atoms with E-state index in [1.54, 1.807) is 0 Å². The number of amides is 2. The highest BCUT2D eigenvalue weighted by Crippen LogP contribution is 2.53. The van der Waals surface area contributed by atoms with Gasteiger partial charge in [0.1, 0.15) is 0 Å². The van der Waals surface area contributed by atoms with E-state index in [2.05, 4.69) is 0 Å². The van der Waals surface area contributed by atoms with Crippen LogP contribution in [0.5, 0.6) is 0 Å². The zero-order valence-electron chi connectivity index (χ0n) is 16.8. The number of hydroxylamine groups is 2. The first-order chi connectivity index (χ1) is 13.4. The summed E-state index contributed by atoms with van der Waals surface area (Å²) in [6.45, 7) is 6.12. The molecule has 1 N–H and O–H groups in total. The average Bonchev–Trinajstić information content (AvgIpc) is 3.30. The average molecular weight is 426 g/mol. The Kier molecular flexibility index (Phi) is 4.51. The van der Waals surface area contributed by atoms with Gasteiger partial charge in [0.2, 0.25) is 0 Å². The summed E-state index contributed by atoms with van der Waals surface area (Å²) in [4.78, 5) is 37.5. The molecule has 2 saturated carbocycles. The number of nitrogens with zero attached hydrogens (tertiary/aromatic N) is 1. The van der Waals surface area contributed by atoms with E-state index in [0.29, 0.717) is 24.3 Å². The second-order valence-corrected chi connectivity index (χ2v) is 11.8. The van der Waals surface area contributed by atoms with Crippen LogP contribution in [0.2, 0.25) is 0 Å². The molecule has 8 nitrogen and oxygen atoms in total. The van der Waals surface area contributed by atoms with E-state index < -0.39 is 44.5 Å². The fourth-order valence-electron chi connectivity index (χ4n) is 5.64. The van der Waals surface area contributed by atoms with Crippen molar-refractivity contribution in [3.8, 4) is 0 Å². The van der Waals surface area contributed by atoms with Crippen molar-refractivity contribution in [2.24, 2.45) is 35.0 Å². The van der Waals surface area contributed by atoms with Crippen molar-refractivity contribution < 1.29 is 32.2 Å². The van der Waals surface area contributed by atoms with Crippen molar-refractivity contribution in [2.75, 3.05) is 0 Å². The third-order valence-electron chi connectivity index (χ3n) is 7.49. The van der Waals surface area contributed by atoms with Gasteiger partial charge in [0.05, 0.1) is 11.8 Å². The van der Waals surface area contributed by atoms with Crippen molar-refractivity contribution in [3.63, 3.8) is 0 Å². The molecule has 0 aromatic rings. The second-order valence-electron chi connectivity index (χ2n) is 9.94. The number of imide groups is 1. The van der Waals surface area contributed by atoms with Crippen LogP contribution in [-0.2, 0) is 28.8 Å². The van der Waals surface area contributed by atoms with Crippen LogP contribution in [0.25, 0.3) is 0 Å². The quantitative estimate of drug-likeness (QED) is 0.541. The number of rotatable bonds is 4. The maximum Gasteiger partial charge on any atom is 0.327 e. The van der Waals surface area contributed by atoms with Crippen LogP contribution >= 0.6 is 0 Å². The first kappa shape index (κ1) is 20.5. The summed E-state index contributed by atoms with van der Waals surface area (Å²) in [7, 11) is -4.74. The van der Waals surface area contributed by atoms with Crippen molar-refractivity contribution in [1.82, 2.24) is 5.06 Å². The zero-order valence-corrected chi connectivity index (χ0v) is 17.6. The first-order valence-corrected chi connectivity index (χ1v) is 11.5. The van der Waals surface area contributed by atoms with Gasteiger partial charge in [0, 0.05) is 0 Å². The van der Waals surface area contributed by atoms with Crippen LogP contribution in [0.3, 0.4) is 0 Å². The summed E-state index contributed by atoms with van der Waals surface area (Å²) in [6, 6.07) is 0. The minimum atomic E-state index is -4.74. The highest BCUT2D eigenvalue weighted by Gasteiger charge is 2.63. The molecule has 1 aliphatic heterocycles. The van der Waals surface area contributed by atoms with E-state index >= 15 is 0 Å².